The molecule has 0 bridgehead atoms. The van der Waals surface area contributed by atoms with E-state index in [-0.39, 0.29) is 5.82 Å². The third-order valence-electron chi connectivity index (χ3n) is 4.63. The van der Waals surface area contributed by atoms with Crippen LogP contribution in [0.15, 0.2) is 60.7 Å². The first-order valence-electron chi connectivity index (χ1n) is 8.97. The van der Waals surface area contributed by atoms with Crippen LogP contribution in [0.3, 0.4) is 0 Å². The lowest BCUT2D eigenvalue weighted by atomic mass is 10.0. The average molecular weight is 390 g/mol. The highest BCUT2D eigenvalue weighted by Gasteiger charge is 2.19. The number of halogens is 1. The lowest BCUT2D eigenvalue weighted by Crippen LogP contribution is -1.99. The van der Waals surface area contributed by atoms with Crippen LogP contribution in [0.1, 0.15) is 0 Å². The number of fused-ring (bicyclic) bond motifs is 1. The molecule has 0 spiro atoms. The molecule has 0 atom stereocenters. The van der Waals surface area contributed by atoms with Gasteiger partial charge in [0.2, 0.25) is 5.75 Å². The Hall–Kier alpha value is -3.67. The van der Waals surface area contributed by atoms with Gasteiger partial charge in [0.05, 0.1) is 43.8 Å². The van der Waals surface area contributed by atoms with Gasteiger partial charge >= 0.3 is 0 Å². The van der Waals surface area contributed by atoms with E-state index in [2.05, 4.69) is 0 Å². The third kappa shape index (κ3) is 3.45. The Morgan fingerprint density at radius 2 is 1.17 bits per heavy atom. The zero-order valence-corrected chi connectivity index (χ0v) is 16.3. The van der Waals surface area contributed by atoms with E-state index in [1.54, 1.807) is 33.5 Å². The summed E-state index contributed by atoms with van der Waals surface area (Å²) in [6.07, 6.45) is 0. The lowest BCUT2D eigenvalue weighted by Gasteiger charge is -2.16. The number of ether oxygens (including phenoxy) is 3. The molecule has 4 rings (SSSR count). The van der Waals surface area contributed by atoms with Crippen molar-refractivity contribution in [1.29, 1.82) is 0 Å². The molecule has 3 aromatic carbocycles. The van der Waals surface area contributed by atoms with Gasteiger partial charge in [0.1, 0.15) is 5.82 Å². The number of aromatic nitrogens is 2. The maximum Gasteiger partial charge on any atom is 0.203 e. The van der Waals surface area contributed by atoms with Crippen molar-refractivity contribution >= 4 is 11.0 Å². The van der Waals surface area contributed by atoms with Crippen molar-refractivity contribution < 1.29 is 18.6 Å². The van der Waals surface area contributed by atoms with Crippen molar-refractivity contribution in [2.24, 2.45) is 0 Å². The number of nitrogens with zero attached hydrogens (tertiary/aromatic N) is 2. The smallest absolute Gasteiger partial charge is 0.203 e. The zero-order chi connectivity index (χ0) is 20.4. The van der Waals surface area contributed by atoms with Crippen molar-refractivity contribution in [2.45, 2.75) is 0 Å². The molecule has 0 N–H and O–H groups in total. The van der Waals surface area contributed by atoms with E-state index < -0.39 is 0 Å². The van der Waals surface area contributed by atoms with E-state index in [1.807, 2.05) is 36.4 Å². The van der Waals surface area contributed by atoms with Crippen LogP contribution in [0.4, 0.5) is 4.39 Å². The molecule has 0 unspecified atom stereocenters. The second-order valence-electron chi connectivity index (χ2n) is 6.33. The molecule has 0 aliphatic carbocycles. The Bertz CT molecular complexity index is 1150. The van der Waals surface area contributed by atoms with Gasteiger partial charge in [0, 0.05) is 11.1 Å². The van der Waals surface area contributed by atoms with Gasteiger partial charge in [-0.25, -0.2) is 14.4 Å². The van der Waals surface area contributed by atoms with Gasteiger partial charge in [0.15, 0.2) is 11.5 Å². The topological polar surface area (TPSA) is 53.5 Å². The van der Waals surface area contributed by atoms with Crippen molar-refractivity contribution in [2.75, 3.05) is 21.3 Å². The van der Waals surface area contributed by atoms with E-state index in [0.29, 0.717) is 28.6 Å². The molecule has 1 heterocycles. The minimum absolute atomic E-state index is 0.308. The highest BCUT2D eigenvalue weighted by Crippen LogP contribution is 2.42. The number of hydrogen-bond donors (Lipinski definition) is 0. The van der Waals surface area contributed by atoms with Gasteiger partial charge < -0.3 is 14.2 Å². The number of rotatable bonds is 5. The first kappa shape index (κ1) is 18.7. The Balaban J connectivity index is 2.02. The molecule has 1 aromatic heterocycles. The molecule has 0 saturated carbocycles. The van der Waals surface area contributed by atoms with Crippen LogP contribution >= 0.6 is 0 Å². The first-order chi connectivity index (χ1) is 14.1. The fourth-order valence-electron chi connectivity index (χ4n) is 3.23. The minimum atomic E-state index is -0.308. The fourth-order valence-corrected chi connectivity index (χ4v) is 3.23. The van der Waals surface area contributed by atoms with E-state index in [1.165, 1.54) is 12.1 Å². The van der Waals surface area contributed by atoms with Gasteiger partial charge in [0.25, 0.3) is 0 Å². The van der Waals surface area contributed by atoms with Crippen molar-refractivity contribution in [3.05, 3.63) is 66.5 Å². The van der Waals surface area contributed by atoms with Crippen LogP contribution in [-0.4, -0.2) is 31.3 Å². The Labute approximate surface area is 167 Å². The van der Waals surface area contributed by atoms with Gasteiger partial charge in [-0.3, -0.25) is 0 Å². The molecule has 5 nitrogen and oxygen atoms in total. The molecule has 146 valence electrons. The summed E-state index contributed by atoms with van der Waals surface area (Å²) in [5.74, 6) is 1.22. The largest absolute Gasteiger partial charge is 0.493 e. The first-order valence-corrected chi connectivity index (χ1v) is 8.97. The molecule has 0 radical (unpaired) electrons. The van der Waals surface area contributed by atoms with Crippen LogP contribution in [0.2, 0.25) is 0 Å². The lowest BCUT2D eigenvalue weighted by molar-refractivity contribution is 0.324. The van der Waals surface area contributed by atoms with E-state index in [9.17, 15) is 4.39 Å². The van der Waals surface area contributed by atoms with Crippen molar-refractivity contribution in [3.63, 3.8) is 0 Å². The van der Waals surface area contributed by atoms with Crippen LogP contribution in [0.25, 0.3) is 33.5 Å². The molecular formula is C23H19FN2O3. The summed E-state index contributed by atoms with van der Waals surface area (Å²) < 4.78 is 29.9. The number of para-hydroxylation sites is 2. The Morgan fingerprint density at radius 1 is 0.655 bits per heavy atom. The molecule has 4 aromatic rings. The second kappa shape index (κ2) is 7.75. The van der Waals surface area contributed by atoms with E-state index in [4.69, 9.17) is 24.2 Å². The molecule has 0 saturated heterocycles. The van der Waals surface area contributed by atoms with Crippen LogP contribution in [0.5, 0.6) is 17.2 Å². The quantitative estimate of drug-likeness (QED) is 0.473. The molecule has 0 aliphatic rings. The molecule has 6 heteroatoms. The standard InChI is InChI=1S/C23H19FN2O3/c1-27-19-12-15(13-20(28-2)23(19)29-3)22-21(14-8-10-16(24)11-9-14)25-17-6-4-5-7-18(17)26-22/h4-13H,1-3H3. The van der Waals surface area contributed by atoms with Crippen molar-refractivity contribution in [1.82, 2.24) is 9.97 Å². The maximum atomic E-state index is 13.5. The summed E-state index contributed by atoms with van der Waals surface area (Å²) in [6, 6.07) is 17.5. The molecule has 0 fully saturated rings. The Morgan fingerprint density at radius 3 is 1.66 bits per heavy atom. The predicted molar refractivity (Wildman–Crippen MR) is 110 cm³/mol. The summed E-state index contributed by atoms with van der Waals surface area (Å²) in [7, 11) is 4.68. The van der Waals surface area contributed by atoms with Crippen LogP contribution in [0, 0.1) is 5.82 Å². The van der Waals surface area contributed by atoms with Gasteiger partial charge in [-0.2, -0.15) is 0 Å². The summed E-state index contributed by atoms with van der Waals surface area (Å²) in [4.78, 5) is 9.65. The maximum absolute atomic E-state index is 13.5. The van der Waals surface area contributed by atoms with Crippen LogP contribution in [-0.2, 0) is 0 Å². The summed E-state index contributed by atoms with van der Waals surface area (Å²) in [5.41, 5.74) is 4.28. The minimum Gasteiger partial charge on any atom is -0.493 e. The Kier molecular flexibility index (Phi) is 4.99. The zero-order valence-electron chi connectivity index (χ0n) is 16.3. The summed E-state index contributed by atoms with van der Waals surface area (Å²) >= 11 is 0. The van der Waals surface area contributed by atoms with E-state index in [0.717, 1.165) is 22.2 Å². The van der Waals surface area contributed by atoms with Gasteiger partial charge in [-0.05, 0) is 48.5 Å². The number of benzene rings is 3. The highest BCUT2D eigenvalue weighted by atomic mass is 19.1. The summed E-state index contributed by atoms with van der Waals surface area (Å²) in [5, 5.41) is 0. The predicted octanol–water partition coefficient (Wildman–Crippen LogP) is 5.13. The number of hydrogen-bond acceptors (Lipinski definition) is 5. The normalized spacial score (nSPS) is 10.8. The molecular weight excluding hydrogens is 371 g/mol. The highest BCUT2D eigenvalue weighted by molar-refractivity contribution is 5.87. The number of methoxy groups -OCH3 is 3. The molecule has 0 aliphatic heterocycles. The van der Waals surface area contributed by atoms with Crippen LogP contribution < -0.4 is 14.2 Å². The van der Waals surface area contributed by atoms with E-state index >= 15 is 0 Å². The molecule has 29 heavy (non-hydrogen) atoms. The van der Waals surface area contributed by atoms with Gasteiger partial charge in [-0.1, -0.05) is 12.1 Å². The second-order valence-corrected chi connectivity index (χ2v) is 6.33. The SMILES string of the molecule is COc1cc(-c2nc3ccccc3nc2-c2ccc(F)cc2)cc(OC)c1OC. The molecule has 0 amide bonds. The summed E-state index contributed by atoms with van der Waals surface area (Å²) in [6.45, 7) is 0. The fraction of sp³-hybridized carbons (Fsp3) is 0.130. The average Bonchev–Trinajstić information content (AvgIpc) is 2.77. The third-order valence-corrected chi connectivity index (χ3v) is 4.63. The monoisotopic (exact) mass is 390 g/mol. The van der Waals surface area contributed by atoms with Gasteiger partial charge in [-0.15, -0.1) is 0 Å². The van der Waals surface area contributed by atoms with Crippen molar-refractivity contribution in [3.8, 4) is 39.8 Å².